The molecule has 5 nitrogen and oxygen atoms in total. The van der Waals surface area contributed by atoms with E-state index in [1.54, 1.807) is 24.3 Å². The topological polar surface area (TPSA) is 70.0 Å². The van der Waals surface area contributed by atoms with E-state index in [0.29, 0.717) is 0 Å². The van der Waals surface area contributed by atoms with Crippen LogP contribution in [0.3, 0.4) is 0 Å². The summed E-state index contributed by atoms with van der Waals surface area (Å²) in [5, 5.41) is 15.0. The maximum Gasteiger partial charge on any atom is 0.303 e. The van der Waals surface area contributed by atoms with Crippen LogP contribution >= 0.6 is 0 Å². The summed E-state index contributed by atoms with van der Waals surface area (Å²) in [5.41, 5.74) is 3.36. The number of hydrogen-bond donors (Lipinski definition) is 1. The Bertz CT molecular complexity index is 1050. The van der Waals surface area contributed by atoms with Gasteiger partial charge in [0.1, 0.15) is 11.6 Å². The molecule has 0 radical (unpaired) electrons. The number of hydrogen-bond acceptors (Lipinski definition) is 3. The zero-order valence-electron chi connectivity index (χ0n) is 16.8. The van der Waals surface area contributed by atoms with Crippen LogP contribution in [0.1, 0.15) is 49.3 Å². The van der Waals surface area contributed by atoms with E-state index in [1.807, 2.05) is 6.08 Å². The average molecular weight is 424 g/mol. The van der Waals surface area contributed by atoms with Gasteiger partial charge in [0, 0.05) is 12.3 Å². The van der Waals surface area contributed by atoms with Gasteiger partial charge in [-0.3, -0.25) is 9.59 Å². The number of aliphatic carboxylic acids is 1. The van der Waals surface area contributed by atoms with Crippen LogP contribution in [-0.4, -0.2) is 27.7 Å². The fourth-order valence-electron chi connectivity index (χ4n) is 4.29. The lowest BCUT2D eigenvalue weighted by molar-refractivity contribution is -0.141. The molecule has 0 unspecified atom stereocenters. The number of fused-ring (bicyclic) bond motifs is 1. The standard InChI is InChI=1S/C24H22F2N2O3/c25-18-8-4-15(5-9-18)14-17-2-1-3-20-23(17)27-28(21(29)12-13-22(30)31)24(20)16-6-10-19(26)11-7-16/h4-11,14,20,24H,1-3,12-13H2,(H,30,31)/b17-14-/t20-,24-/m0/s1. The highest BCUT2D eigenvalue weighted by Gasteiger charge is 2.43. The van der Waals surface area contributed by atoms with Gasteiger partial charge in [0.15, 0.2) is 0 Å². The van der Waals surface area contributed by atoms with Crippen molar-refractivity contribution in [2.75, 3.05) is 0 Å². The van der Waals surface area contributed by atoms with Crippen molar-refractivity contribution in [2.45, 2.75) is 38.1 Å². The predicted octanol–water partition coefficient (Wildman–Crippen LogP) is 4.95. The fraction of sp³-hybridized carbons (Fsp3) is 0.292. The Hall–Kier alpha value is -3.35. The van der Waals surface area contributed by atoms with Gasteiger partial charge in [0.25, 0.3) is 0 Å². The van der Waals surface area contributed by atoms with Crippen molar-refractivity contribution in [1.29, 1.82) is 0 Å². The summed E-state index contributed by atoms with van der Waals surface area (Å²) in [7, 11) is 0. The number of nitrogens with zero attached hydrogens (tertiary/aromatic N) is 2. The van der Waals surface area contributed by atoms with Crippen molar-refractivity contribution in [3.63, 3.8) is 0 Å². The van der Waals surface area contributed by atoms with Crippen molar-refractivity contribution >= 4 is 23.7 Å². The quantitative estimate of drug-likeness (QED) is 0.738. The van der Waals surface area contributed by atoms with Gasteiger partial charge in [-0.15, -0.1) is 0 Å². The molecule has 2 aliphatic rings. The van der Waals surface area contributed by atoms with Gasteiger partial charge < -0.3 is 5.11 Å². The lowest BCUT2D eigenvalue weighted by Crippen LogP contribution is -2.32. The third-order valence-electron chi connectivity index (χ3n) is 5.73. The number of carboxylic acid groups (broad SMARTS) is 1. The van der Waals surface area contributed by atoms with Crippen LogP contribution in [0, 0.1) is 17.6 Å². The van der Waals surface area contributed by atoms with E-state index in [1.165, 1.54) is 29.3 Å². The molecule has 31 heavy (non-hydrogen) atoms. The Balaban J connectivity index is 1.70. The van der Waals surface area contributed by atoms with E-state index < -0.39 is 12.0 Å². The second-order valence-electron chi connectivity index (χ2n) is 7.83. The van der Waals surface area contributed by atoms with Crippen molar-refractivity contribution in [2.24, 2.45) is 11.0 Å². The first-order valence-electron chi connectivity index (χ1n) is 10.3. The summed E-state index contributed by atoms with van der Waals surface area (Å²) in [6, 6.07) is 11.8. The molecule has 1 heterocycles. The second-order valence-corrected chi connectivity index (χ2v) is 7.83. The molecule has 1 aliphatic carbocycles. The Morgan fingerprint density at radius 2 is 1.68 bits per heavy atom. The van der Waals surface area contributed by atoms with Crippen LogP contribution in [0.2, 0.25) is 0 Å². The molecule has 1 saturated carbocycles. The summed E-state index contributed by atoms with van der Waals surface area (Å²) in [6.07, 6.45) is 4.00. The van der Waals surface area contributed by atoms with Crippen LogP contribution in [0.4, 0.5) is 8.78 Å². The van der Waals surface area contributed by atoms with Crippen LogP contribution in [0.15, 0.2) is 59.2 Å². The summed E-state index contributed by atoms with van der Waals surface area (Å²) in [4.78, 5) is 23.8. The lowest BCUT2D eigenvalue weighted by Gasteiger charge is -2.29. The largest absolute Gasteiger partial charge is 0.481 e. The minimum Gasteiger partial charge on any atom is -0.481 e. The minimum absolute atomic E-state index is 0.0697. The molecule has 0 aromatic heterocycles. The van der Waals surface area contributed by atoms with Gasteiger partial charge in [0.05, 0.1) is 18.2 Å². The molecular formula is C24H22F2N2O3. The van der Waals surface area contributed by atoms with Gasteiger partial charge in [0.2, 0.25) is 5.91 Å². The molecule has 7 heteroatoms. The zero-order chi connectivity index (χ0) is 22.0. The van der Waals surface area contributed by atoms with Crippen molar-refractivity contribution in [1.82, 2.24) is 5.01 Å². The monoisotopic (exact) mass is 424 g/mol. The Kier molecular flexibility index (Phi) is 5.93. The van der Waals surface area contributed by atoms with Gasteiger partial charge >= 0.3 is 5.97 Å². The third-order valence-corrected chi connectivity index (χ3v) is 5.73. The van der Waals surface area contributed by atoms with E-state index in [0.717, 1.165) is 41.7 Å². The minimum atomic E-state index is -1.05. The molecular weight excluding hydrogens is 402 g/mol. The SMILES string of the molecule is O=C(O)CCC(=O)N1N=C2/C(=C\c3ccc(F)cc3)CCC[C@@H]2[C@@H]1c1ccc(F)cc1. The summed E-state index contributed by atoms with van der Waals surface area (Å²) in [6.45, 7) is 0. The van der Waals surface area contributed by atoms with E-state index >= 15 is 0 Å². The first kappa shape index (κ1) is 20.9. The summed E-state index contributed by atoms with van der Waals surface area (Å²) < 4.78 is 26.8. The van der Waals surface area contributed by atoms with E-state index in [9.17, 15) is 18.4 Å². The number of carbonyl (C=O) groups excluding carboxylic acids is 1. The number of hydrazone groups is 1. The molecule has 1 fully saturated rings. The second kappa shape index (κ2) is 8.79. The summed E-state index contributed by atoms with van der Waals surface area (Å²) in [5.74, 6) is -2.17. The van der Waals surface area contributed by atoms with Gasteiger partial charge in [-0.25, -0.2) is 13.8 Å². The van der Waals surface area contributed by atoms with Gasteiger partial charge in [-0.2, -0.15) is 5.10 Å². The maximum atomic E-state index is 13.5. The number of amides is 1. The number of rotatable bonds is 5. The molecule has 0 spiro atoms. The normalized spacial score (nSPS) is 21.7. The van der Waals surface area contributed by atoms with Crippen LogP contribution < -0.4 is 0 Å². The fourth-order valence-corrected chi connectivity index (χ4v) is 4.29. The Labute approximate surface area is 178 Å². The van der Waals surface area contributed by atoms with Gasteiger partial charge in [-0.1, -0.05) is 24.3 Å². The first-order chi connectivity index (χ1) is 14.9. The number of halogens is 2. The van der Waals surface area contributed by atoms with Crippen molar-refractivity contribution in [3.05, 3.63) is 76.9 Å². The average Bonchev–Trinajstić information content (AvgIpc) is 3.15. The molecule has 2 aromatic rings. The molecule has 1 amide bonds. The number of allylic oxidation sites excluding steroid dienone is 1. The highest BCUT2D eigenvalue weighted by Crippen LogP contribution is 2.44. The third kappa shape index (κ3) is 4.55. The molecule has 160 valence electrons. The zero-order valence-corrected chi connectivity index (χ0v) is 16.8. The van der Waals surface area contributed by atoms with Crippen LogP contribution in [-0.2, 0) is 9.59 Å². The highest BCUT2D eigenvalue weighted by atomic mass is 19.1. The summed E-state index contributed by atoms with van der Waals surface area (Å²) >= 11 is 0. The molecule has 2 atom stereocenters. The Morgan fingerprint density at radius 3 is 2.32 bits per heavy atom. The molecule has 0 bridgehead atoms. The molecule has 1 N–H and O–H groups in total. The van der Waals surface area contributed by atoms with Crippen molar-refractivity contribution in [3.8, 4) is 0 Å². The smallest absolute Gasteiger partial charge is 0.303 e. The molecule has 2 aromatic carbocycles. The molecule has 4 rings (SSSR count). The maximum absolute atomic E-state index is 13.5. The first-order valence-corrected chi connectivity index (χ1v) is 10.3. The highest BCUT2D eigenvalue weighted by molar-refractivity contribution is 6.08. The van der Waals surface area contributed by atoms with Crippen molar-refractivity contribution < 1.29 is 23.5 Å². The number of benzene rings is 2. The van der Waals surface area contributed by atoms with Crippen LogP contribution in [0.25, 0.3) is 6.08 Å². The molecule has 0 saturated heterocycles. The Morgan fingerprint density at radius 1 is 1.03 bits per heavy atom. The molecule has 1 aliphatic heterocycles. The van der Waals surface area contributed by atoms with E-state index in [2.05, 4.69) is 5.10 Å². The van der Waals surface area contributed by atoms with Gasteiger partial charge in [-0.05, 0) is 66.3 Å². The number of carbonyl (C=O) groups is 2. The van der Waals surface area contributed by atoms with E-state index in [-0.39, 0.29) is 36.3 Å². The lowest BCUT2D eigenvalue weighted by atomic mass is 9.77. The van der Waals surface area contributed by atoms with Crippen LogP contribution in [0.5, 0.6) is 0 Å². The number of carboxylic acids is 1. The predicted molar refractivity (Wildman–Crippen MR) is 112 cm³/mol. The van der Waals surface area contributed by atoms with E-state index in [4.69, 9.17) is 5.11 Å².